The second-order valence-corrected chi connectivity index (χ2v) is 2.25. The highest BCUT2D eigenvalue weighted by Crippen LogP contribution is 2.01. The summed E-state index contributed by atoms with van der Waals surface area (Å²) in [6.07, 6.45) is 0.462. The number of hydrogen-bond donors (Lipinski definition) is 2. The van der Waals surface area contributed by atoms with E-state index in [0.29, 0.717) is 6.08 Å². The average Bonchev–Trinajstić information content (AvgIpc) is 1.97. The maximum atomic E-state index is 10.7. The third-order valence-corrected chi connectivity index (χ3v) is 1.31. The van der Waals surface area contributed by atoms with Crippen LogP contribution in [-0.4, -0.2) is 40.0 Å². The highest BCUT2D eigenvalue weighted by molar-refractivity contribution is 5.97. The third kappa shape index (κ3) is 3.37. The summed E-state index contributed by atoms with van der Waals surface area (Å²) in [5, 5.41) is 16.8. The molecule has 0 fully saturated rings. The molecule has 0 atom stereocenters. The van der Waals surface area contributed by atoms with Crippen LogP contribution < -0.4 is 0 Å². The van der Waals surface area contributed by atoms with Gasteiger partial charge in [0, 0.05) is 14.0 Å². The fourth-order valence-electron chi connectivity index (χ4n) is 0.589. The summed E-state index contributed by atoms with van der Waals surface area (Å²) in [6.45, 7) is 1.14. The van der Waals surface area contributed by atoms with Gasteiger partial charge in [-0.05, 0) is 0 Å². The average molecular weight is 187 g/mol. The molecule has 0 radical (unpaired) electrons. The normalized spacial score (nSPS) is 10.8. The molecule has 0 aliphatic rings. The molecule has 2 N–H and O–H groups in total. The van der Waals surface area contributed by atoms with Crippen molar-refractivity contribution in [3.8, 4) is 0 Å². The summed E-state index contributed by atoms with van der Waals surface area (Å²) in [6, 6.07) is 0. The van der Waals surface area contributed by atoms with E-state index in [4.69, 9.17) is 10.2 Å². The molecule has 0 saturated heterocycles. The van der Waals surface area contributed by atoms with Crippen molar-refractivity contribution < 1.29 is 24.6 Å². The van der Waals surface area contributed by atoms with Crippen molar-refractivity contribution in [3.63, 3.8) is 0 Å². The smallest absolute Gasteiger partial charge is 0.352 e. The van der Waals surface area contributed by atoms with E-state index in [1.807, 2.05) is 0 Å². The van der Waals surface area contributed by atoms with E-state index in [9.17, 15) is 14.4 Å². The first-order valence-corrected chi connectivity index (χ1v) is 3.28. The molecule has 0 bridgehead atoms. The number of nitrogens with zero attached hydrogens (tertiary/aromatic N) is 1. The van der Waals surface area contributed by atoms with Gasteiger partial charge in [-0.25, -0.2) is 9.59 Å². The first-order valence-electron chi connectivity index (χ1n) is 3.28. The Balaban J connectivity index is 4.93. The highest BCUT2D eigenvalue weighted by Gasteiger charge is 2.17. The molecule has 0 unspecified atom stereocenters. The number of amides is 1. The van der Waals surface area contributed by atoms with E-state index < -0.39 is 23.5 Å². The summed E-state index contributed by atoms with van der Waals surface area (Å²) in [5.41, 5.74) is -0.569. The van der Waals surface area contributed by atoms with E-state index in [2.05, 4.69) is 0 Å². The summed E-state index contributed by atoms with van der Waals surface area (Å²) < 4.78 is 0. The fourth-order valence-corrected chi connectivity index (χ4v) is 0.589. The summed E-state index contributed by atoms with van der Waals surface area (Å²) in [7, 11) is 1.19. The SMILES string of the molecule is CC(=O)N(C)C(=CC(=O)O)C(=O)O. The second kappa shape index (κ2) is 4.24. The van der Waals surface area contributed by atoms with Crippen LogP contribution in [0.15, 0.2) is 11.8 Å². The van der Waals surface area contributed by atoms with E-state index in [1.54, 1.807) is 0 Å². The number of aliphatic carboxylic acids is 2. The van der Waals surface area contributed by atoms with Crippen molar-refractivity contribution in [1.82, 2.24) is 4.90 Å². The number of carboxylic acid groups (broad SMARTS) is 2. The van der Waals surface area contributed by atoms with Crippen LogP contribution in [0.5, 0.6) is 0 Å². The molecule has 0 spiro atoms. The molecule has 0 rings (SSSR count). The minimum atomic E-state index is -1.46. The zero-order valence-electron chi connectivity index (χ0n) is 7.14. The van der Waals surface area contributed by atoms with Gasteiger partial charge in [0.2, 0.25) is 5.91 Å². The maximum absolute atomic E-state index is 10.7. The number of rotatable bonds is 3. The minimum absolute atomic E-state index is 0.462. The first kappa shape index (κ1) is 11.2. The van der Waals surface area contributed by atoms with E-state index in [-0.39, 0.29) is 0 Å². The van der Waals surface area contributed by atoms with Gasteiger partial charge in [0.05, 0.1) is 6.08 Å². The Morgan fingerprint density at radius 3 is 1.92 bits per heavy atom. The molecule has 0 aliphatic heterocycles. The summed E-state index contributed by atoms with van der Waals surface area (Å²) in [4.78, 5) is 32.1. The predicted octanol–water partition coefficient (Wildman–Crippen LogP) is -0.482. The van der Waals surface area contributed by atoms with E-state index >= 15 is 0 Å². The van der Waals surface area contributed by atoms with Crippen LogP contribution in [0, 0.1) is 0 Å². The number of carbonyl (C=O) groups excluding carboxylic acids is 1. The predicted molar refractivity (Wildman–Crippen MR) is 41.8 cm³/mol. The molecule has 0 aromatic heterocycles. The molecular weight excluding hydrogens is 178 g/mol. The Labute approximate surface area is 74.1 Å². The molecule has 6 nitrogen and oxygen atoms in total. The molecule has 6 heteroatoms. The van der Waals surface area contributed by atoms with Crippen molar-refractivity contribution >= 4 is 17.8 Å². The van der Waals surface area contributed by atoms with Crippen LogP contribution in [0.3, 0.4) is 0 Å². The van der Waals surface area contributed by atoms with Crippen molar-refractivity contribution in [2.24, 2.45) is 0 Å². The topological polar surface area (TPSA) is 94.9 Å². The Morgan fingerprint density at radius 2 is 1.69 bits per heavy atom. The number of carbonyl (C=O) groups is 3. The number of hydrogen-bond acceptors (Lipinski definition) is 3. The Kier molecular flexibility index (Phi) is 3.64. The standard InChI is InChI=1S/C7H9NO5/c1-4(9)8(2)5(7(12)13)3-6(10)11/h3H,1-2H3,(H,10,11)(H,12,13). The molecule has 0 aromatic rings. The molecule has 72 valence electrons. The van der Waals surface area contributed by atoms with Crippen LogP contribution in [0.2, 0.25) is 0 Å². The lowest BCUT2D eigenvalue weighted by Crippen LogP contribution is -2.28. The lowest BCUT2D eigenvalue weighted by atomic mass is 10.3. The van der Waals surface area contributed by atoms with Gasteiger partial charge in [-0.3, -0.25) is 4.79 Å². The van der Waals surface area contributed by atoms with Crippen molar-refractivity contribution in [2.75, 3.05) is 7.05 Å². The third-order valence-electron chi connectivity index (χ3n) is 1.31. The number of carboxylic acids is 2. The summed E-state index contributed by atoms with van der Waals surface area (Å²) in [5.74, 6) is -3.42. The lowest BCUT2D eigenvalue weighted by Gasteiger charge is -2.14. The van der Waals surface area contributed by atoms with Gasteiger partial charge >= 0.3 is 11.9 Å². The second-order valence-electron chi connectivity index (χ2n) is 2.25. The van der Waals surface area contributed by atoms with Gasteiger partial charge in [-0.15, -0.1) is 0 Å². The minimum Gasteiger partial charge on any atom is -0.478 e. The van der Waals surface area contributed by atoms with Gasteiger partial charge in [0.25, 0.3) is 0 Å². The molecule has 0 aliphatic carbocycles. The molecular formula is C7H9NO5. The van der Waals surface area contributed by atoms with Crippen molar-refractivity contribution in [2.45, 2.75) is 6.92 Å². The molecule has 13 heavy (non-hydrogen) atoms. The Hall–Kier alpha value is -1.85. The van der Waals surface area contributed by atoms with Gasteiger partial charge in [0.1, 0.15) is 5.70 Å². The van der Waals surface area contributed by atoms with Gasteiger partial charge in [0.15, 0.2) is 0 Å². The number of likely N-dealkylation sites (N-methyl/N-ethyl adjacent to an activating group) is 1. The van der Waals surface area contributed by atoms with Gasteiger partial charge in [-0.2, -0.15) is 0 Å². The largest absolute Gasteiger partial charge is 0.478 e. The fraction of sp³-hybridized carbons (Fsp3) is 0.286. The summed E-state index contributed by atoms with van der Waals surface area (Å²) >= 11 is 0. The van der Waals surface area contributed by atoms with E-state index in [0.717, 1.165) is 11.8 Å². The quantitative estimate of drug-likeness (QED) is 0.582. The zero-order chi connectivity index (χ0) is 10.6. The molecule has 0 aromatic carbocycles. The molecule has 1 amide bonds. The first-order chi connectivity index (χ1) is 5.86. The van der Waals surface area contributed by atoms with Gasteiger partial charge < -0.3 is 15.1 Å². The highest BCUT2D eigenvalue weighted by atomic mass is 16.4. The van der Waals surface area contributed by atoms with Crippen LogP contribution in [0.1, 0.15) is 6.92 Å². The van der Waals surface area contributed by atoms with E-state index in [1.165, 1.54) is 7.05 Å². The van der Waals surface area contributed by atoms with Crippen LogP contribution >= 0.6 is 0 Å². The van der Waals surface area contributed by atoms with Gasteiger partial charge in [-0.1, -0.05) is 0 Å². The Bertz CT molecular complexity index is 281. The molecule has 0 saturated carbocycles. The van der Waals surface area contributed by atoms with Crippen molar-refractivity contribution in [1.29, 1.82) is 0 Å². The molecule has 0 heterocycles. The maximum Gasteiger partial charge on any atom is 0.352 e. The van der Waals surface area contributed by atoms with Crippen LogP contribution in [0.4, 0.5) is 0 Å². The Morgan fingerprint density at radius 1 is 1.23 bits per heavy atom. The van der Waals surface area contributed by atoms with Crippen molar-refractivity contribution in [3.05, 3.63) is 11.8 Å². The lowest BCUT2D eigenvalue weighted by molar-refractivity contribution is -0.139. The zero-order valence-corrected chi connectivity index (χ0v) is 7.14. The monoisotopic (exact) mass is 187 g/mol. The van der Waals surface area contributed by atoms with Crippen LogP contribution in [0.25, 0.3) is 0 Å². The van der Waals surface area contributed by atoms with Crippen LogP contribution in [-0.2, 0) is 14.4 Å².